The molecule has 2 aromatic rings. The summed E-state index contributed by atoms with van der Waals surface area (Å²) in [6.45, 7) is 1.26. The summed E-state index contributed by atoms with van der Waals surface area (Å²) in [5.41, 5.74) is 0.864. The van der Waals surface area contributed by atoms with Gasteiger partial charge in [0, 0.05) is 18.1 Å². The molecule has 0 unspecified atom stereocenters. The van der Waals surface area contributed by atoms with E-state index < -0.39 is 21.8 Å². The molecule has 0 aromatic heterocycles. The van der Waals surface area contributed by atoms with Gasteiger partial charge in [0.2, 0.25) is 10.0 Å². The molecular weight excluding hydrogens is 369 g/mol. The lowest BCUT2D eigenvalue weighted by atomic mass is 10.2. The number of hydrogen-bond acceptors (Lipinski definition) is 3. The highest BCUT2D eigenvalue weighted by Crippen LogP contribution is 2.22. The van der Waals surface area contributed by atoms with Crippen molar-refractivity contribution in [2.75, 3.05) is 6.54 Å². The number of rotatable bonds is 7. The molecule has 0 radical (unpaired) electrons. The van der Waals surface area contributed by atoms with Gasteiger partial charge in [0.25, 0.3) is 0 Å². The number of aliphatic carboxylic acids is 1. The highest BCUT2D eigenvalue weighted by atomic mass is 35.5. The van der Waals surface area contributed by atoms with E-state index in [1.165, 1.54) is 19.1 Å². The molecule has 0 fully saturated rings. The zero-order valence-electron chi connectivity index (χ0n) is 13.4. The Balaban J connectivity index is 2.36. The van der Waals surface area contributed by atoms with Gasteiger partial charge < -0.3 is 5.11 Å². The van der Waals surface area contributed by atoms with Crippen LogP contribution in [0.3, 0.4) is 0 Å². The molecule has 25 heavy (non-hydrogen) atoms. The van der Waals surface area contributed by atoms with E-state index in [1.807, 2.05) is 0 Å². The van der Waals surface area contributed by atoms with Gasteiger partial charge in [-0.25, -0.2) is 12.8 Å². The summed E-state index contributed by atoms with van der Waals surface area (Å²) in [5, 5.41) is 9.41. The number of carboxylic acids is 1. The Hall–Kier alpha value is -1.96. The highest BCUT2D eigenvalue weighted by molar-refractivity contribution is 7.89. The molecule has 1 N–H and O–H groups in total. The van der Waals surface area contributed by atoms with Crippen LogP contribution in [0.1, 0.15) is 17.5 Å². The number of hydrogen-bond donors (Lipinski definition) is 1. The molecule has 0 bridgehead atoms. The monoisotopic (exact) mass is 385 g/mol. The van der Waals surface area contributed by atoms with Crippen LogP contribution in [0.15, 0.2) is 47.4 Å². The molecular formula is C17H17ClFNO4S. The minimum atomic E-state index is -3.97. The summed E-state index contributed by atoms with van der Waals surface area (Å²) >= 11 is 5.82. The molecule has 2 rings (SSSR count). The molecule has 134 valence electrons. The number of benzene rings is 2. The third-order valence-corrected chi connectivity index (χ3v) is 5.71. The van der Waals surface area contributed by atoms with Gasteiger partial charge in [0.15, 0.2) is 0 Å². The lowest BCUT2D eigenvalue weighted by Crippen LogP contribution is -2.32. The Morgan fingerprint density at radius 1 is 1.20 bits per heavy atom. The first kappa shape index (κ1) is 19.4. The third-order valence-electron chi connectivity index (χ3n) is 3.61. The number of halogens is 2. The summed E-state index contributed by atoms with van der Waals surface area (Å²) in [6.07, 6.45) is -0.340. The lowest BCUT2D eigenvalue weighted by Gasteiger charge is -2.22. The van der Waals surface area contributed by atoms with Crippen molar-refractivity contribution in [3.8, 4) is 0 Å². The van der Waals surface area contributed by atoms with Gasteiger partial charge in [-0.05, 0) is 48.4 Å². The van der Waals surface area contributed by atoms with Gasteiger partial charge in [0.1, 0.15) is 5.82 Å². The van der Waals surface area contributed by atoms with E-state index in [1.54, 1.807) is 24.3 Å². The first-order valence-electron chi connectivity index (χ1n) is 7.42. The Morgan fingerprint density at radius 3 is 2.40 bits per heavy atom. The molecule has 0 saturated heterocycles. The Morgan fingerprint density at radius 2 is 1.84 bits per heavy atom. The fraction of sp³-hybridized carbons (Fsp3) is 0.235. The summed E-state index contributed by atoms with van der Waals surface area (Å²) in [7, 11) is -3.97. The molecule has 0 saturated carbocycles. The maximum atomic E-state index is 13.4. The molecule has 8 heteroatoms. The second-order valence-corrected chi connectivity index (χ2v) is 7.89. The second-order valence-electron chi connectivity index (χ2n) is 5.52. The van der Waals surface area contributed by atoms with Gasteiger partial charge in [-0.15, -0.1) is 0 Å². The average molecular weight is 386 g/mol. The fourth-order valence-electron chi connectivity index (χ4n) is 2.22. The number of nitrogens with zero attached hydrogens (tertiary/aromatic N) is 1. The van der Waals surface area contributed by atoms with Crippen molar-refractivity contribution in [2.24, 2.45) is 0 Å². The van der Waals surface area contributed by atoms with Crippen molar-refractivity contribution in [1.82, 2.24) is 4.31 Å². The van der Waals surface area contributed by atoms with Crippen LogP contribution < -0.4 is 0 Å². The van der Waals surface area contributed by atoms with E-state index >= 15 is 0 Å². The van der Waals surface area contributed by atoms with Crippen LogP contribution in [0.25, 0.3) is 0 Å². The normalized spacial score (nSPS) is 11.7. The molecule has 0 aliphatic rings. The van der Waals surface area contributed by atoms with E-state index in [4.69, 9.17) is 16.7 Å². The first-order chi connectivity index (χ1) is 11.7. The molecule has 0 amide bonds. The first-order valence-corrected chi connectivity index (χ1v) is 9.24. The standard InChI is InChI=1S/C17H17ClFNO4S/c1-12-10-15(6-7-16(12)19)25(23,24)20(9-8-17(21)22)11-13-2-4-14(18)5-3-13/h2-7,10H,8-9,11H2,1H3,(H,21,22). The molecule has 2 aromatic carbocycles. The fourth-order valence-corrected chi connectivity index (χ4v) is 3.87. The molecule has 5 nitrogen and oxygen atoms in total. The van der Waals surface area contributed by atoms with Crippen LogP contribution in [0.2, 0.25) is 5.02 Å². The van der Waals surface area contributed by atoms with Crippen molar-refractivity contribution in [3.63, 3.8) is 0 Å². The van der Waals surface area contributed by atoms with Crippen LogP contribution in [0.5, 0.6) is 0 Å². The molecule has 0 aliphatic carbocycles. The van der Waals surface area contributed by atoms with Crippen molar-refractivity contribution in [1.29, 1.82) is 0 Å². The van der Waals surface area contributed by atoms with Gasteiger partial charge >= 0.3 is 5.97 Å². The maximum absolute atomic E-state index is 13.4. The number of carboxylic acid groups (broad SMARTS) is 1. The van der Waals surface area contributed by atoms with Gasteiger partial charge in [-0.2, -0.15) is 4.31 Å². The molecule has 0 spiro atoms. The van der Waals surface area contributed by atoms with E-state index in [0.717, 1.165) is 10.4 Å². The maximum Gasteiger partial charge on any atom is 0.304 e. The van der Waals surface area contributed by atoms with E-state index in [9.17, 15) is 17.6 Å². The second kappa shape index (κ2) is 7.95. The minimum absolute atomic E-state index is 0.0107. The van der Waals surface area contributed by atoms with Gasteiger partial charge in [-0.3, -0.25) is 4.79 Å². The van der Waals surface area contributed by atoms with Crippen molar-refractivity contribution in [3.05, 3.63) is 64.4 Å². The van der Waals surface area contributed by atoms with Crippen molar-refractivity contribution >= 4 is 27.6 Å². The van der Waals surface area contributed by atoms with Crippen LogP contribution in [0, 0.1) is 12.7 Å². The van der Waals surface area contributed by atoms with Crippen LogP contribution in [-0.2, 0) is 21.4 Å². The van der Waals surface area contributed by atoms with Gasteiger partial charge in [-0.1, -0.05) is 23.7 Å². The zero-order chi connectivity index (χ0) is 18.6. The molecule has 0 aliphatic heterocycles. The number of sulfonamides is 1. The Labute approximate surface area is 150 Å². The zero-order valence-corrected chi connectivity index (χ0v) is 15.0. The lowest BCUT2D eigenvalue weighted by molar-refractivity contribution is -0.137. The Kier molecular flexibility index (Phi) is 6.16. The van der Waals surface area contributed by atoms with Crippen molar-refractivity contribution in [2.45, 2.75) is 24.8 Å². The predicted molar refractivity (Wildman–Crippen MR) is 92.4 cm³/mol. The van der Waals surface area contributed by atoms with Crippen LogP contribution in [-0.4, -0.2) is 30.3 Å². The van der Waals surface area contributed by atoms with E-state index in [0.29, 0.717) is 10.6 Å². The summed E-state index contributed by atoms with van der Waals surface area (Å²) in [6, 6.07) is 10.1. The van der Waals surface area contributed by atoms with Crippen LogP contribution >= 0.6 is 11.6 Å². The quantitative estimate of drug-likeness (QED) is 0.792. The van der Waals surface area contributed by atoms with E-state index in [2.05, 4.69) is 0 Å². The van der Waals surface area contributed by atoms with Gasteiger partial charge in [0.05, 0.1) is 11.3 Å². The minimum Gasteiger partial charge on any atom is -0.481 e. The molecule has 0 heterocycles. The predicted octanol–water partition coefficient (Wildman–Crippen LogP) is 3.45. The smallest absolute Gasteiger partial charge is 0.304 e. The summed E-state index contributed by atoms with van der Waals surface area (Å²) in [4.78, 5) is 10.8. The highest BCUT2D eigenvalue weighted by Gasteiger charge is 2.25. The summed E-state index contributed by atoms with van der Waals surface area (Å²) < 4.78 is 40.2. The summed E-state index contributed by atoms with van der Waals surface area (Å²) in [5.74, 6) is -1.61. The number of carbonyl (C=O) groups is 1. The van der Waals surface area contributed by atoms with Crippen molar-refractivity contribution < 1.29 is 22.7 Å². The topological polar surface area (TPSA) is 74.7 Å². The largest absolute Gasteiger partial charge is 0.481 e. The van der Waals surface area contributed by atoms with E-state index in [-0.39, 0.29) is 30.0 Å². The Bertz CT molecular complexity index is 869. The third kappa shape index (κ3) is 5.01. The average Bonchev–Trinajstić information content (AvgIpc) is 2.55. The SMILES string of the molecule is Cc1cc(S(=O)(=O)N(CCC(=O)O)Cc2ccc(Cl)cc2)ccc1F. The van der Waals surface area contributed by atoms with Crippen LogP contribution in [0.4, 0.5) is 4.39 Å². The molecule has 0 atom stereocenters. The number of aryl methyl sites for hydroxylation is 1.